The van der Waals surface area contributed by atoms with Gasteiger partial charge >= 0.3 is 0 Å². The highest BCUT2D eigenvalue weighted by atomic mass is 16.1. The van der Waals surface area contributed by atoms with Gasteiger partial charge in [0.15, 0.2) is 0 Å². The molecule has 0 unspecified atom stereocenters. The maximum Gasteiger partial charge on any atom is 0.145 e. The average molecular weight is 257 g/mol. The molecule has 1 aromatic rings. The zero-order chi connectivity index (χ0) is 13.5. The van der Waals surface area contributed by atoms with Crippen LogP contribution in [0.2, 0.25) is 0 Å². The van der Waals surface area contributed by atoms with E-state index in [1.54, 1.807) is 0 Å². The van der Waals surface area contributed by atoms with Gasteiger partial charge in [-0.3, -0.25) is 4.79 Å². The molecule has 1 saturated carbocycles. The van der Waals surface area contributed by atoms with E-state index in [-0.39, 0.29) is 17.4 Å². The van der Waals surface area contributed by atoms with E-state index < -0.39 is 0 Å². The normalized spacial score (nSPS) is 33.8. The average Bonchev–Trinajstić information content (AvgIpc) is 2.44. The molecule has 0 spiro atoms. The molecule has 102 valence electrons. The fraction of sp³-hybridized carbons (Fsp3) is 0.588. The third kappa shape index (κ3) is 2.12. The van der Waals surface area contributed by atoms with Crippen molar-refractivity contribution in [1.29, 1.82) is 0 Å². The van der Waals surface area contributed by atoms with Crippen molar-refractivity contribution < 1.29 is 4.79 Å². The molecule has 1 heterocycles. The zero-order valence-electron chi connectivity index (χ0n) is 11.9. The second-order valence-corrected chi connectivity index (χ2v) is 6.59. The van der Waals surface area contributed by atoms with Gasteiger partial charge in [0.1, 0.15) is 5.78 Å². The number of nitrogens with one attached hydrogen (secondary N) is 1. The summed E-state index contributed by atoms with van der Waals surface area (Å²) in [6.45, 7) is 4.20. The van der Waals surface area contributed by atoms with Crippen LogP contribution in [-0.4, -0.2) is 11.8 Å². The molecule has 0 aromatic heterocycles. The fourth-order valence-electron chi connectivity index (χ4n) is 3.85. The summed E-state index contributed by atoms with van der Waals surface area (Å²) >= 11 is 0. The SMILES string of the molecule is CC1(C)C(=O)[C@H]2CCCC[C@@H]2N[C@@H]1c1ccccc1. The number of hydrogen-bond acceptors (Lipinski definition) is 2. The lowest BCUT2D eigenvalue weighted by Gasteiger charge is -2.48. The summed E-state index contributed by atoms with van der Waals surface area (Å²) in [5.41, 5.74) is 0.935. The Morgan fingerprint density at radius 1 is 1.11 bits per heavy atom. The van der Waals surface area contributed by atoms with Crippen LogP contribution in [0.15, 0.2) is 30.3 Å². The second-order valence-electron chi connectivity index (χ2n) is 6.59. The number of rotatable bonds is 1. The minimum Gasteiger partial charge on any atom is -0.306 e. The Bertz CT molecular complexity index is 465. The van der Waals surface area contributed by atoms with Crippen LogP contribution in [-0.2, 0) is 4.79 Å². The van der Waals surface area contributed by atoms with Gasteiger partial charge in [-0.15, -0.1) is 0 Å². The van der Waals surface area contributed by atoms with Gasteiger partial charge in [0, 0.05) is 23.4 Å². The van der Waals surface area contributed by atoms with Crippen molar-refractivity contribution in [3.05, 3.63) is 35.9 Å². The first kappa shape index (κ1) is 12.9. The van der Waals surface area contributed by atoms with Crippen LogP contribution in [0.1, 0.15) is 51.1 Å². The molecule has 2 heteroatoms. The lowest BCUT2D eigenvalue weighted by molar-refractivity contribution is -0.139. The van der Waals surface area contributed by atoms with Gasteiger partial charge in [-0.2, -0.15) is 0 Å². The second kappa shape index (κ2) is 4.75. The third-order valence-corrected chi connectivity index (χ3v) is 4.97. The Kier molecular flexibility index (Phi) is 3.22. The van der Waals surface area contributed by atoms with Crippen molar-refractivity contribution in [2.24, 2.45) is 11.3 Å². The topological polar surface area (TPSA) is 29.1 Å². The molecule has 2 fully saturated rings. The number of benzene rings is 1. The molecule has 0 radical (unpaired) electrons. The van der Waals surface area contributed by atoms with Crippen molar-refractivity contribution >= 4 is 5.78 Å². The van der Waals surface area contributed by atoms with Gasteiger partial charge in [-0.1, -0.05) is 57.0 Å². The van der Waals surface area contributed by atoms with Gasteiger partial charge < -0.3 is 5.32 Å². The summed E-state index contributed by atoms with van der Waals surface area (Å²) in [6, 6.07) is 11.0. The lowest BCUT2D eigenvalue weighted by Crippen LogP contribution is -2.57. The Morgan fingerprint density at radius 2 is 1.79 bits per heavy atom. The summed E-state index contributed by atoms with van der Waals surface area (Å²) in [7, 11) is 0. The highest BCUT2D eigenvalue weighted by molar-refractivity contribution is 5.89. The maximum absolute atomic E-state index is 12.8. The monoisotopic (exact) mass is 257 g/mol. The smallest absolute Gasteiger partial charge is 0.145 e. The van der Waals surface area contributed by atoms with Crippen LogP contribution in [0, 0.1) is 11.3 Å². The molecule has 0 bridgehead atoms. The van der Waals surface area contributed by atoms with E-state index in [1.807, 2.05) is 6.07 Å². The van der Waals surface area contributed by atoms with E-state index in [0.717, 1.165) is 12.8 Å². The standard InChI is InChI=1S/C17H23NO/c1-17(2)15(12-8-4-3-5-9-12)18-14-11-7-6-10-13(14)16(17)19/h3-5,8-9,13-15,18H,6-7,10-11H2,1-2H3/t13-,14-,15+/m0/s1. The van der Waals surface area contributed by atoms with Gasteiger partial charge in [-0.05, 0) is 18.4 Å². The Hall–Kier alpha value is -1.15. The zero-order valence-corrected chi connectivity index (χ0v) is 11.9. The molecular weight excluding hydrogens is 234 g/mol. The van der Waals surface area contributed by atoms with Crippen molar-refractivity contribution in [3.8, 4) is 0 Å². The van der Waals surface area contributed by atoms with Crippen LogP contribution >= 0.6 is 0 Å². The Morgan fingerprint density at radius 3 is 2.53 bits per heavy atom. The minimum absolute atomic E-state index is 0.153. The van der Waals surface area contributed by atoms with Crippen LogP contribution in [0.3, 0.4) is 0 Å². The number of hydrogen-bond donors (Lipinski definition) is 1. The molecule has 0 amide bonds. The summed E-state index contributed by atoms with van der Waals surface area (Å²) in [5.74, 6) is 0.702. The van der Waals surface area contributed by atoms with Gasteiger partial charge in [0.05, 0.1) is 0 Å². The van der Waals surface area contributed by atoms with Crippen LogP contribution in [0.5, 0.6) is 0 Å². The number of fused-ring (bicyclic) bond motifs is 1. The Labute approximate surface area is 115 Å². The summed E-state index contributed by atoms with van der Waals surface area (Å²) in [5, 5.41) is 3.77. The Balaban J connectivity index is 1.94. The molecule has 3 rings (SSSR count). The first-order valence-corrected chi connectivity index (χ1v) is 7.46. The highest BCUT2D eigenvalue weighted by Gasteiger charge is 2.49. The van der Waals surface area contributed by atoms with E-state index in [2.05, 4.69) is 43.4 Å². The molecule has 1 aliphatic heterocycles. The molecule has 3 atom stereocenters. The number of carbonyl (C=O) groups is 1. The van der Waals surface area contributed by atoms with Crippen LogP contribution < -0.4 is 5.32 Å². The van der Waals surface area contributed by atoms with Crippen molar-refractivity contribution in [1.82, 2.24) is 5.32 Å². The van der Waals surface area contributed by atoms with E-state index in [1.165, 1.54) is 18.4 Å². The fourth-order valence-corrected chi connectivity index (χ4v) is 3.85. The summed E-state index contributed by atoms with van der Waals surface area (Å²) in [6.07, 6.45) is 4.68. The number of carbonyl (C=O) groups excluding carboxylic acids is 1. The van der Waals surface area contributed by atoms with E-state index >= 15 is 0 Å². The number of piperidine rings is 1. The van der Waals surface area contributed by atoms with Crippen LogP contribution in [0.25, 0.3) is 0 Å². The highest BCUT2D eigenvalue weighted by Crippen LogP contribution is 2.44. The quantitative estimate of drug-likeness (QED) is 0.834. The number of ketones is 1. The predicted octanol–water partition coefficient (Wildman–Crippen LogP) is 3.49. The number of Topliss-reactive ketones (excluding diaryl/α,β-unsaturated/α-hetero) is 1. The first-order chi connectivity index (χ1) is 9.10. The van der Waals surface area contributed by atoms with Gasteiger partial charge in [0.25, 0.3) is 0 Å². The van der Waals surface area contributed by atoms with Crippen LogP contribution in [0.4, 0.5) is 0 Å². The van der Waals surface area contributed by atoms with Crippen molar-refractivity contribution in [2.75, 3.05) is 0 Å². The predicted molar refractivity (Wildman–Crippen MR) is 76.9 cm³/mol. The lowest BCUT2D eigenvalue weighted by atomic mass is 9.64. The van der Waals surface area contributed by atoms with E-state index in [4.69, 9.17) is 0 Å². The molecule has 1 N–H and O–H groups in total. The summed E-state index contributed by atoms with van der Waals surface area (Å²) < 4.78 is 0. The van der Waals surface area contributed by atoms with Gasteiger partial charge in [-0.25, -0.2) is 0 Å². The molecule has 2 nitrogen and oxygen atoms in total. The molecule has 19 heavy (non-hydrogen) atoms. The molecule has 1 aromatic carbocycles. The van der Waals surface area contributed by atoms with Gasteiger partial charge in [0.2, 0.25) is 0 Å². The first-order valence-electron chi connectivity index (χ1n) is 7.46. The van der Waals surface area contributed by atoms with Crippen molar-refractivity contribution in [3.63, 3.8) is 0 Å². The summed E-state index contributed by atoms with van der Waals surface area (Å²) in [4.78, 5) is 12.8. The molecular formula is C17H23NO. The van der Waals surface area contributed by atoms with E-state index in [0.29, 0.717) is 11.8 Å². The minimum atomic E-state index is -0.306. The molecule has 1 aliphatic carbocycles. The molecule has 1 saturated heterocycles. The van der Waals surface area contributed by atoms with E-state index in [9.17, 15) is 4.79 Å². The van der Waals surface area contributed by atoms with Crippen molar-refractivity contribution in [2.45, 2.75) is 51.6 Å². The largest absolute Gasteiger partial charge is 0.306 e. The third-order valence-electron chi connectivity index (χ3n) is 4.97. The maximum atomic E-state index is 12.8. The molecule has 2 aliphatic rings.